The van der Waals surface area contributed by atoms with E-state index in [1.54, 1.807) is 0 Å². The van der Waals surface area contributed by atoms with E-state index in [1.165, 1.54) is 0 Å². The van der Waals surface area contributed by atoms with E-state index in [1.807, 2.05) is 37.3 Å². The molecule has 1 N–H and O–H groups in total. The number of halogens is 1. The van der Waals surface area contributed by atoms with Crippen LogP contribution in [-0.4, -0.2) is 24.4 Å². The maximum absolute atomic E-state index is 12.0. The van der Waals surface area contributed by atoms with Gasteiger partial charge in [-0.05, 0) is 25.1 Å². The van der Waals surface area contributed by atoms with Crippen LogP contribution in [0.4, 0.5) is 0 Å². The van der Waals surface area contributed by atoms with Crippen molar-refractivity contribution in [3.63, 3.8) is 0 Å². The normalized spacial score (nSPS) is 19.7. The summed E-state index contributed by atoms with van der Waals surface area (Å²) in [5.41, 5.74) is 0.538. The number of esters is 1. The average Bonchev–Trinajstić information content (AvgIpc) is 2.48. The Balaban J connectivity index is 2.23. The summed E-state index contributed by atoms with van der Waals surface area (Å²) in [6.07, 6.45) is 2.16. The zero-order chi connectivity index (χ0) is 13.7. The predicted octanol–water partition coefficient (Wildman–Crippen LogP) is 2.83. The zero-order valence-electron chi connectivity index (χ0n) is 11.2. The summed E-state index contributed by atoms with van der Waals surface area (Å²) in [6, 6.07) is 9.97. The van der Waals surface area contributed by atoms with Gasteiger partial charge in [-0.2, -0.15) is 0 Å². The monoisotopic (exact) mass is 281 g/mol. The third kappa shape index (κ3) is 3.28. The Morgan fingerprint density at radius 1 is 1.37 bits per heavy atom. The molecular formula is C15H20ClNO2. The first kappa shape index (κ1) is 14.4. The second-order valence-electron chi connectivity index (χ2n) is 4.91. The van der Waals surface area contributed by atoms with Gasteiger partial charge in [0.2, 0.25) is 0 Å². The quantitative estimate of drug-likeness (QED) is 0.681. The predicted molar refractivity (Wildman–Crippen MR) is 76.2 cm³/mol. The zero-order valence-corrected chi connectivity index (χ0v) is 12.0. The highest BCUT2D eigenvalue weighted by Crippen LogP contribution is 2.35. The lowest BCUT2D eigenvalue weighted by molar-refractivity contribution is -0.163. The average molecular weight is 282 g/mol. The van der Waals surface area contributed by atoms with Crippen molar-refractivity contribution in [3.05, 3.63) is 35.9 Å². The van der Waals surface area contributed by atoms with Crippen molar-refractivity contribution in [2.75, 3.05) is 13.1 Å². The van der Waals surface area contributed by atoms with Gasteiger partial charge >= 0.3 is 5.97 Å². The molecule has 0 radical (unpaired) electrons. The number of ether oxygens (including phenoxy) is 1. The van der Waals surface area contributed by atoms with E-state index in [2.05, 4.69) is 5.32 Å². The Labute approximate surface area is 119 Å². The van der Waals surface area contributed by atoms with Crippen molar-refractivity contribution in [3.8, 4) is 0 Å². The van der Waals surface area contributed by atoms with E-state index >= 15 is 0 Å². The molecule has 1 unspecified atom stereocenters. The lowest BCUT2D eigenvalue weighted by Crippen LogP contribution is -2.44. The largest absolute Gasteiger partial charge is 0.453 e. The fourth-order valence-electron chi connectivity index (χ4n) is 2.45. The molecule has 1 aliphatic heterocycles. The van der Waals surface area contributed by atoms with Gasteiger partial charge in [0.15, 0.2) is 0 Å². The van der Waals surface area contributed by atoms with Crippen LogP contribution in [0.5, 0.6) is 0 Å². The van der Waals surface area contributed by atoms with Gasteiger partial charge in [-0.1, -0.05) is 37.3 Å². The van der Waals surface area contributed by atoms with Crippen molar-refractivity contribution in [2.45, 2.75) is 37.2 Å². The summed E-state index contributed by atoms with van der Waals surface area (Å²) in [5.74, 6) is -0.310. The Morgan fingerprint density at radius 3 is 2.58 bits per heavy atom. The molecule has 19 heavy (non-hydrogen) atoms. The standard InChI is InChI=1S/C15H20ClNO2/c1-2-13(16)14(18)19-15(8-10-17-11-9-15)12-6-4-3-5-7-12/h3-7,13,17H,2,8-11H2,1H3. The summed E-state index contributed by atoms with van der Waals surface area (Å²) in [7, 11) is 0. The molecule has 1 aromatic carbocycles. The van der Waals surface area contributed by atoms with Gasteiger partial charge in [0, 0.05) is 12.8 Å². The molecule has 4 heteroatoms. The van der Waals surface area contributed by atoms with E-state index in [0.717, 1.165) is 31.5 Å². The molecule has 0 spiro atoms. The Morgan fingerprint density at radius 2 is 2.00 bits per heavy atom. The molecule has 1 aromatic rings. The molecule has 2 rings (SSSR count). The third-order valence-corrected chi connectivity index (χ3v) is 4.11. The Hall–Kier alpha value is -1.06. The number of carbonyl (C=O) groups is 1. The van der Waals surface area contributed by atoms with E-state index < -0.39 is 11.0 Å². The second kappa shape index (κ2) is 6.40. The van der Waals surface area contributed by atoms with E-state index in [0.29, 0.717) is 6.42 Å². The second-order valence-corrected chi connectivity index (χ2v) is 5.43. The van der Waals surface area contributed by atoms with Gasteiger partial charge in [0.05, 0.1) is 0 Å². The first-order chi connectivity index (χ1) is 9.18. The molecule has 1 aliphatic rings. The number of hydrogen-bond donors (Lipinski definition) is 1. The SMILES string of the molecule is CCC(Cl)C(=O)OC1(c2ccccc2)CCNCC1. The Bertz CT molecular complexity index is 415. The fourth-order valence-corrected chi connectivity index (χ4v) is 2.49. The molecule has 0 aromatic heterocycles. The molecule has 0 amide bonds. The number of alkyl halides is 1. The lowest BCUT2D eigenvalue weighted by atomic mass is 9.84. The molecular weight excluding hydrogens is 262 g/mol. The minimum Gasteiger partial charge on any atom is -0.453 e. The summed E-state index contributed by atoms with van der Waals surface area (Å²) >= 11 is 5.99. The first-order valence-corrected chi connectivity index (χ1v) is 7.25. The highest BCUT2D eigenvalue weighted by atomic mass is 35.5. The highest BCUT2D eigenvalue weighted by Gasteiger charge is 2.38. The number of nitrogens with one attached hydrogen (secondary N) is 1. The number of hydrogen-bond acceptors (Lipinski definition) is 3. The molecule has 3 nitrogen and oxygen atoms in total. The van der Waals surface area contributed by atoms with Crippen LogP contribution in [-0.2, 0) is 15.1 Å². The van der Waals surface area contributed by atoms with Gasteiger partial charge in [0.1, 0.15) is 11.0 Å². The van der Waals surface area contributed by atoms with Crippen LogP contribution in [0.1, 0.15) is 31.7 Å². The van der Waals surface area contributed by atoms with Gasteiger partial charge in [-0.25, -0.2) is 0 Å². The number of carbonyl (C=O) groups excluding carboxylic acids is 1. The molecule has 1 fully saturated rings. The van der Waals surface area contributed by atoms with E-state index in [-0.39, 0.29) is 5.97 Å². The molecule has 0 saturated carbocycles. The third-order valence-electron chi connectivity index (χ3n) is 3.62. The van der Waals surface area contributed by atoms with Gasteiger partial charge in [0.25, 0.3) is 0 Å². The number of piperidine rings is 1. The Kier molecular flexibility index (Phi) is 4.83. The number of benzene rings is 1. The maximum Gasteiger partial charge on any atom is 0.324 e. The fraction of sp³-hybridized carbons (Fsp3) is 0.533. The van der Waals surface area contributed by atoms with Crippen molar-refractivity contribution < 1.29 is 9.53 Å². The highest BCUT2D eigenvalue weighted by molar-refractivity contribution is 6.29. The molecule has 1 heterocycles. The van der Waals surface area contributed by atoms with Crippen LogP contribution in [0.2, 0.25) is 0 Å². The number of rotatable bonds is 4. The van der Waals surface area contributed by atoms with Crippen molar-refractivity contribution in [2.24, 2.45) is 0 Å². The van der Waals surface area contributed by atoms with Crippen LogP contribution in [0.3, 0.4) is 0 Å². The van der Waals surface area contributed by atoms with Crippen LogP contribution < -0.4 is 5.32 Å². The lowest BCUT2D eigenvalue weighted by Gasteiger charge is -2.38. The minimum absolute atomic E-state index is 0.310. The summed E-state index contributed by atoms with van der Waals surface area (Å²) in [6.45, 7) is 3.58. The summed E-state index contributed by atoms with van der Waals surface area (Å²) in [5, 5.41) is 2.74. The van der Waals surface area contributed by atoms with Crippen molar-refractivity contribution >= 4 is 17.6 Å². The van der Waals surface area contributed by atoms with Crippen LogP contribution in [0, 0.1) is 0 Å². The first-order valence-electron chi connectivity index (χ1n) is 6.81. The molecule has 0 bridgehead atoms. The topological polar surface area (TPSA) is 38.3 Å². The van der Waals surface area contributed by atoms with Gasteiger partial charge in [-0.15, -0.1) is 11.6 Å². The van der Waals surface area contributed by atoms with E-state index in [9.17, 15) is 4.79 Å². The van der Waals surface area contributed by atoms with Crippen LogP contribution in [0.15, 0.2) is 30.3 Å². The van der Waals surface area contributed by atoms with Gasteiger partial charge < -0.3 is 10.1 Å². The molecule has 1 saturated heterocycles. The summed E-state index contributed by atoms with van der Waals surface area (Å²) < 4.78 is 5.81. The summed E-state index contributed by atoms with van der Waals surface area (Å²) in [4.78, 5) is 12.0. The van der Waals surface area contributed by atoms with Crippen molar-refractivity contribution in [1.82, 2.24) is 5.32 Å². The maximum atomic E-state index is 12.0. The molecule has 1 atom stereocenters. The smallest absolute Gasteiger partial charge is 0.324 e. The van der Waals surface area contributed by atoms with E-state index in [4.69, 9.17) is 16.3 Å². The minimum atomic E-state index is -0.560. The molecule has 104 valence electrons. The molecule has 0 aliphatic carbocycles. The van der Waals surface area contributed by atoms with Crippen LogP contribution >= 0.6 is 11.6 Å². The van der Waals surface area contributed by atoms with Crippen LogP contribution in [0.25, 0.3) is 0 Å². The van der Waals surface area contributed by atoms with Crippen molar-refractivity contribution in [1.29, 1.82) is 0 Å². The van der Waals surface area contributed by atoms with Gasteiger partial charge in [-0.3, -0.25) is 4.79 Å².